The van der Waals surface area contributed by atoms with E-state index in [9.17, 15) is 9.90 Å². The van der Waals surface area contributed by atoms with E-state index in [-0.39, 0.29) is 24.3 Å². The van der Waals surface area contributed by atoms with Crippen LogP contribution in [0.2, 0.25) is 0 Å². The third-order valence-corrected chi connectivity index (χ3v) is 9.62. The molecule has 3 aromatic carbocycles. The van der Waals surface area contributed by atoms with E-state index >= 15 is 0 Å². The summed E-state index contributed by atoms with van der Waals surface area (Å²) in [5.41, 5.74) is 10.3. The van der Waals surface area contributed by atoms with Gasteiger partial charge in [0, 0.05) is 51.3 Å². The molecule has 11 nitrogen and oxygen atoms in total. The second-order valence-corrected chi connectivity index (χ2v) is 14.0. The number of hydrogen-bond acceptors (Lipinski definition) is 10. The van der Waals surface area contributed by atoms with Gasteiger partial charge in [-0.3, -0.25) is 4.79 Å². The molecule has 2 aliphatic rings. The van der Waals surface area contributed by atoms with Crippen molar-refractivity contribution >= 4 is 11.6 Å². The van der Waals surface area contributed by atoms with Gasteiger partial charge in [0.05, 0.1) is 64.0 Å². The number of fused-ring (bicyclic) bond motifs is 1. The van der Waals surface area contributed by atoms with Crippen molar-refractivity contribution < 1.29 is 38.3 Å². The van der Waals surface area contributed by atoms with E-state index in [2.05, 4.69) is 11.0 Å². The molecule has 0 saturated carbocycles. The van der Waals surface area contributed by atoms with Crippen LogP contribution >= 0.6 is 0 Å². The van der Waals surface area contributed by atoms with E-state index in [0.29, 0.717) is 52.6 Å². The standard InChI is InChI=1S/C41H57N3O8/c1-29(2)23-34(42)41(46)44-25-36(45)40(31-12-14-33(15-13-31)50-21-8-20-49-28-32-9-5-6-10-37(32)48-4)39(26-44)52-27-30-11-16-38-35(24-30)43(18-22-51-38)17-7-19-47-3/h5-6,9-16,24,29,34,36,39-40,45H,7-8,17-23,25-28,42H2,1-4H3/t34?,36-,39+,40+/m1/s1. The summed E-state index contributed by atoms with van der Waals surface area (Å²) in [6.45, 7) is 9.49. The van der Waals surface area contributed by atoms with Crippen molar-refractivity contribution in [3.63, 3.8) is 0 Å². The maximum Gasteiger partial charge on any atom is 0.239 e. The summed E-state index contributed by atoms with van der Waals surface area (Å²) >= 11 is 0. The lowest BCUT2D eigenvalue weighted by Crippen LogP contribution is -2.57. The molecule has 1 fully saturated rings. The number of nitrogens with zero attached hydrogens (tertiary/aromatic N) is 2. The van der Waals surface area contributed by atoms with Crippen molar-refractivity contribution in [1.82, 2.24) is 4.90 Å². The fraction of sp³-hybridized carbons (Fsp3) is 0.537. The SMILES string of the molecule is COCCCN1CCOc2ccc(CO[C@H]3CN(C(=O)C(N)CC(C)C)C[C@@H](O)[C@@H]3c3ccc(OCCCOCc4ccccc4OC)cc3)cc21. The fourth-order valence-electron chi connectivity index (χ4n) is 6.99. The quantitative estimate of drug-likeness (QED) is 0.161. The Balaban J connectivity index is 1.22. The molecule has 2 heterocycles. The molecule has 11 heteroatoms. The van der Waals surface area contributed by atoms with Crippen LogP contribution in [-0.2, 0) is 32.2 Å². The van der Waals surface area contributed by atoms with Gasteiger partial charge in [-0.15, -0.1) is 0 Å². The maximum atomic E-state index is 13.4. The summed E-state index contributed by atoms with van der Waals surface area (Å²) in [7, 11) is 3.38. The molecular weight excluding hydrogens is 662 g/mol. The predicted molar refractivity (Wildman–Crippen MR) is 201 cm³/mol. The second kappa shape index (κ2) is 19.8. The number of rotatable bonds is 19. The number of amides is 1. The number of methoxy groups -OCH3 is 2. The monoisotopic (exact) mass is 719 g/mol. The Morgan fingerprint density at radius 2 is 1.79 bits per heavy atom. The first-order valence-electron chi connectivity index (χ1n) is 18.5. The number of carbonyl (C=O) groups is 1. The Hall–Kier alpha value is -3.87. The highest BCUT2D eigenvalue weighted by Gasteiger charge is 2.40. The molecule has 1 saturated heterocycles. The van der Waals surface area contributed by atoms with Crippen molar-refractivity contribution in [2.45, 2.75) is 70.5 Å². The van der Waals surface area contributed by atoms with Crippen LogP contribution in [0.25, 0.3) is 0 Å². The summed E-state index contributed by atoms with van der Waals surface area (Å²) in [4.78, 5) is 17.4. The van der Waals surface area contributed by atoms with Crippen LogP contribution in [0.15, 0.2) is 66.7 Å². The van der Waals surface area contributed by atoms with E-state index in [4.69, 9.17) is 34.2 Å². The van der Waals surface area contributed by atoms with Gasteiger partial charge in [-0.2, -0.15) is 0 Å². The summed E-state index contributed by atoms with van der Waals surface area (Å²) in [6, 6.07) is 21.1. The van der Waals surface area contributed by atoms with Gasteiger partial charge < -0.3 is 49.1 Å². The highest BCUT2D eigenvalue weighted by Crippen LogP contribution is 2.35. The lowest BCUT2D eigenvalue weighted by Gasteiger charge is -2.42. The molecule has 1 amide bonds. The third kappa shape index (κ3) is 10.8. The number of benzene rings is 3. The summed E-state index contributed by atoms with van der Waals surface area (Å²) in [5, 5.41) is 11.6. The molecule has 3 aromatic rings. The maximum absolute atomic E-state index is 13.4. The number of anilines is 1. The van der Waals surface area contributed by atoms with Gasteiger partial charge in [-0.25, -0.2) is 0 Å². The number of para-hydroxylation sites is 1. The van der Waals surface area contributed by atoms with E-state index in [0.717, 1.165) is 65.6 Å². The number of likely N-dealkylation sites (tertiary alicyclic amines) is 1. The molecule has 1 unspecified atom stereocenters. The zero-order valence-electron chi connectivity index (χ0n) is 31.2. The smallest absolute Gasteiger partial charge is 0.239 e. The zero-order valence-corrected chi connectivity index (χ0v) is 31.2. The number of hydrogen-bond donors (Lipinski definition) is 2. The van der Waals surface area contributed by atoms with Crippen molar-refractivity contribution in [2.75, 3.05) is 71.7 Å². The number of nitrogens with two attached hydrogens (primary N) is 1. The Kier molecular flexibility index (Phi) is 15.0. The Morgan fingerprint density at radius 3 is 2.56 bits per heavy atom. The molecule has 0 aromatic heterocycles. The molecule has 52 heavy (non-hydrogen) atoms. The van der Waals surface area contributed by atoms with Gasteiger partial charge in [0.2, 0.25) is 5.91 Å². The normalized spacial score (nSPS) is 19.2. The lowest BCUT2D eigenvalue weighted by atomic mass is 9.84. The third-order valence-electron chi connectivity index (χ3n) is 9.62. The summed E-state index contributed by atoms with van der Waals surface area (Å²) in [6.07, 6.45) is 0.930. The van der Waals surface area contributed by atoms with Crippen molar-refractivity contribution in [3.05, 3.63) is 83.4 Å². The van der Waals surface area contributed by atoms with Gasteiger partial charge in [0.25, 0.3) is 0 Å². The minimum Gasteiger partial charge on any atom is -0.496 e. The first kappa shape index (κ1) is 39.3. The molecular formula is C41H57N3O8. The molecule has 4 atom stereocenters. The minimum absolute atomic E-state index is 0.159. The first-order valence-corrected chi connectivity index (χ1v) is 18.5. The highest BCUT2D eigenvalue weighted by molar-refractivity contribution is 5.82. The number of ether oxygens (including phenoxy) is 6. The molecule has 0 radical (unpaired) electrons. The average molecular weight is 720 g/mol. The van der Waals surface area contributed by atoms with Gasteiger partial charge in [0.1, 0.15) is 23.9 Å². The van der Waals surface area contributed by atoms with Crippen LogP contribution in [0.1, 0.15) is 55.7 Å². The largest absolute Gasteiger partial charge is 0.496 e. The predicted octanol–water partition coefficient (Wildman–Crippen LogP) is 5.16. The molecule has 0 aliphatic carbocycles. The van der Waals surface area contributed by atoms with Gasteiger partial charge in [-0.1, -0.05) is 50.2 Å². The Morgan fingerprint density at radius 1 is 0.981 bits per heavy atom. The lowest BCUT2D eigenvalue weighted by molar-refractivity contribution is -0.143. The van der Waals surface area contributed by atoms with Crippen LogP contribution in [0.4, 0.5) is 5.69 Å². The number of carbonyl (C=O) groups excluding carboxylic acids is 1. The molecule has 2 aliphatic heterocycles. The highest BCUT2D eigenvalue weighted by atomic mass is 16.5. The summed E-state index contributed by atoms with van der Waals surface area (Å²) in [5.74, 6) is 2.18. The van der Waals surface area contributed by atoms with Gasteiger partial charge in [-0.05, 0) is 60.2 Å². The molecule has 0 spiro atoms. The number of piperidine rings is 1. The van der Waals surface area contributed by atoms with Gasteiger partial charge >= 0.3 is 0 Å². The van der Waals surface area contributed by atoms with E-state index in [1.165, 1.54) is 0 Å². The van der Waals surface area contributed by atoms with Crippen LogP contribution in [-0.4, -0.2) is 101 Å². The fourth-order valence-corrected chi connectivity index (χ4v) is 6.99. The second-order valence-electron chi connectivity index (χ2n) is 14.0. The molecule has 5 rings (SSSR count). The van der Waals surface area contributed by atoms with Crippen molar-refractivity contribution in [3.8, 4) is 17.2 Å². The van der Waals surface area contributed by atoms with Crippen molar-refractivity contribution in [1.29, 1.82) is 0 Å². The molecule has 284 valence electrons. The van der Waals surface area contributed by atoms with Crippen molar-refractivity contribution in [2.24, 2.45) is 11.7 Å². The van der Waals surface area contributed by atoms with Crippen LogP contribution in [0.3, 0.4) is 0 Å². The Bertz CT molecular complexity index is 1540. The van der Waals surface area contributed by atoms with E-state index < -0.39 is 18.2 Å². The zero-order chi connectivity index (χ0) is 36.9. The van der Waals surface area contributed by atoms with Crippen LogP contribution in [0, 0.1) is 5.92 Å². The number of aliphatic hydroxyl groups excluding tert-OH is 1. The van der Waals surface area contributed by atoms with Crippen LogP contribution in [0.5, 0.6) is 17.2 Å². The first-order chi connectivity index (χ1) is 25.3. The molecule has 0 bridgehead atoms. The minimum atomic E-state index is -0.839. The van der Waals surface area contributed by atoms with E-state index in [1.807, 2.05) is 74.5 Å². The Labute approximate surface area is 308 Å². The van der Waals surface area contributed by atoms with E-state index in [1.54, 1.807) is 19.1 Å². The van der Waals surface area contributed by atoms with Gasteiger partial charge in [0.15, 0.2) is 0 Å². The topological polar surface area (TPSA) is 125 Å². The molecule has 3 N–H and O–H groups in total. The number of aliphatic hydroxyl groups is 1. The average Bonchev–Trinajstić information content (AvgIpc) is 3.15. The van der Waals surface area contributed by atoms with Crippen LogP contribution < -0.4 is 24.8 Å². The summed E-state index contributed by atoms with van der Waals surface area (Å²) < 4.78 is 35.1. The number of β-amino-alcohol motifs (C(OH)–C–C–N with tert-alkyl or cyclic N) is 1.